The van der Waals surface area contributed by atoms with Gasteiger partial charge in [-0.25, -0.2) is 0 Å². The van der Waals surface area contributed by atoms with Gasteiger partial charge in [0.2, 0.25) is 5.91 Å². The van der Waals surface area contributed by atoms with Crippen LogP contribution in [0, 0.1) is 0 Å². The predicted octanol–water partition coefficient (Wildman–Crippen LogP) is 3.69. The van der Waals surface area contributed by atoms with Crippen LogP contribution >= 0.6 is 0 Å². The molecule has 2 aromatic carbocycles. The van der Waals surface area contributed by atoms with E-state index in [-0.39, 0.29) is 5.91 Å². The van der Waals surface area contributed by atoms with Gasteiger partial charge in [-0.05, 0) is 55.8 Å². The summed E-state index contributed by atoms with van der Waals surface area (Å²) in [7, 11) is 0. The lowest BCUT2D eigenvalue weighted by atomic mass is 10.1. The minimum atomic E-state index is 0.0508. The first-order chi connectivity index (χ1) is 11.8. The molecule has 0 radical (unpaired) electrons. The van der Waals surface area contributed by atoms with Gasteiger partial charge in [0, 0.05) is 5.69 Å². The van der Waals surface area contributed by atoms with Gasteiger partial charge in [-0.3, -0.25) is 9.69 Å². The summed E-state index contributed by atoms with van der Waals surface area (Å²) in [4.78, 5) is 14.3. The Labute approximate surface area is 143 Å². The zero-order valence-electron chi connectivity index (χ0n) is 13.9. The van der Waals surface area contributed by atoms with E-state index in [4.69, 9.17) is 4.74 Å². The molecule has 2 aromatic rings. The molecular weight excluding hydrogens is 300 g/mol. The Kier molecular flexibility index (Phi) is 5.85. The molecule has 24 heavy (non-hydrogen) atoms. The first kappa shape index (κ1) is 16.5. The Hall–Kier alpha value is -2.33. The molecule has 1 amide bonds. The quantitative estimate of drug-likeness (QED) is 0.881. The predicted molar refractivity (Wildman–Crippen MR) is 96.1 cm³/mol. The third-order valence-corrected chi connectivity index (χ3v) is 4.20. The number of piperidine rings is 1. The third kappa shape index (κ3) is 5.10. The zero-order valence-corrected chi connectivity index (χ0v) is 13.9. The maximum absolute atomic E-state index is 12.1. The van der Waals surface area contributed by atoms with Crippen molar-refractivity contribution in [3.05, 3.63) is 60.2 Å². The fourth-order valence-corrected chi connectivity index (χ4v) is 2.90. The molecule has 0 unspecified atom stereocenters. The Bertz CT molecular complexity index is 634. The molecule has 1 saturated heterocycles. The minimum Gasteiger partial charge on any atom is -0.489 e. The van der Waals surface area contributed by atoms with Gasteiger partial charge < -0.3 is 10.1 Å². The van der Waals surface area contributed by atoms with Crippen molar-refractivity contribution in [3.63, 3.8) is 0 Å². The summed E-state index contributed by atoms with van der Waals surface area (Å²) in [5, 5.41) is 2.95. The second kappa shape index (κ2) is 8.50. The van der Waals surface area contributed by atoms with Gasteiger partial charge in [0.05, 0.1) is 6.54 Å². The van der Waals surface area contributed by atoms with Gasteiger partial charge in [0.25, 0.3) is 0 Å². The molecule has 0 aromatic heterocycles. The number of nitrogens with one attached hydrogen (secondary N) is 1. The lowest BCUT2D eigenvalue weighted by molar-refractivity contribution is -0.117. The Morgan fingerprint density at radius 2 is 1.67 bits per heavy atom. The van der Waals surface area contributed by atoms with Crippen LogP contribution in [-0.2, 0) is 11.4 Å². The van der Waals surface area contributed by atoms with Crippen molar-refractivity contribution in [2.45, 2.75) is 25.9 Å². The van der Waals surface area contributed by atoms with Crippen LogP contribution in [0.25, 0.3) is 0 Å². The van der Waals surface area contributed by atoms with Crippen LogP contribution in [-0.4, -0.2) is 30.4 Å². The molecule has 1 heterocycles. The number of ether oxygens (including phenoxy) is 1. The topological polar surface area (TPSA) is 41.6 Å². The van der Waals surface area contributed by atoms with E-state index in [0.717, 1.165) is 30.1 Å². The number of hydrogen-bond donors (Lipinski definition) is 1. The van der Waals surface area contributed by atoms with E-state index in [1.807, 2.05) is 54.6 Å². The van der Waals surface area contributed by atoms with Gasteiger partial charge in [-0.1, -0.05) is 36.8 Å². The maximum atomic E-state index is 12.1. The van der Waals surface area contributed by atoms with Crippen molar-refractivity contribution >= 4 is 11.6 Å². The molecule has 4 nitrogen and oxygen atoms in total. The molecule has 3 rings (SSSR count). The smallest absolute Gasteiger partial charge is 0.238 e. The number of rotatable bonds is 6. The highest BCUT2D eigenvalue weighted by molar-refractivity contribution is 5.92. The second-order valence-electron chi connectivity index (χ2n) is 6.18. The molecule has 4 heteroatoms. The first-order valence-corrected chi connectivity index (χ1v) is 8.58. The summed E-state index contributed by atoms with van der Waals surface area (Å²) >= 11 is 0. The second-order valence-corrected chi connectivity index (χ2v) is 6.18. The number of anilines is 1. The number of carbonyl (C=O) groups excluding carboxylic acids is 1. The van der Waals surface area contributed by atoms with Crippen LogP contribution in [0.2, 0.25) is 0 Å². The van der Waals surface area contributed by atoms with E-state index in [2.05, 4.69) is 10.2 Å². The van der Waals surface area contributed by atoms with Gasteiger partial charge in [-0.2, -0.15) is 0 Å². The van der Waals surface area contributed by atoms with Gasteiger partial charge in [-0.15, -0.1) is 0 Å². The molecule has 1 fully saturated rings. The van der Waals surface area contributed by atoms with Crippen LogP contribution < -0.4 is 10.1 Å². The van der Waals surface area contributed by atoms with E-state index in [1.165, 1.54) is 19.3 Å². The third-order valence-electron chi connectivity index (χ3n) is 4.20. The Morgan fingerprint density at radius 1 is 0.958 bits per heavy atom. The number of hydrogen-bond acceptors (Lipinski definition) is 3. The molecule has 0 saturated carbocycles. The first-order valence-electron chi connectivity index (χ1n) is 8.58. The summed E-state index contributed by atoms with van der Waals surface area (Å²) < 4.78 is 5.75. The summed E-state index contributed by atoms with van der Waals surface area (Å²) in [5.74, 6) is 0.850. The highest BCUT2D eigenvalue weighted by Crippen LogP contribution is 2.17. The average molecular weight is 324 g/mol. The van der Waals surface area contributed by atoms with Crippen molar-refractivity contribution in [1.29, 1.82) is 0 Å². The highest BCUT2D eigenvalue weighted by Gasteiger charge is 2.13. The molecule has 1 aliphatic rings. The molecule has 1 aliphatic heterocycles. The number of likely N-dealkylation sites (tertiary alicyclic amines) is 1. The molecular formula is C20H24N2O2. The standard InChI is InChI=1S/C20H24N2O2/c23-20(15-22-13-5-2-6-14-22)21-18-9-11-19(12-10-18)24-16-17-7-3-1-4-8-17/h1,3-4,7-12H,2,5-6,13-16H2,(H,21,23). The van der Waals surface area contributed by atoms with Crippen LogP contribution in [0.1, 0.15) is 24.8 Å². The van der Waals surface area contributed by atoms with E-state index in [1.54, 1.807) is 0 Å². The number of benzene rings is 2. The van der Waals surface area contributed by atoms with Crippen molar-refractivity contribution in [3.8, 4) is 5.75 Å². The molecule has 0 bridgehead atoms. The molecule has 1 N–H and O–H groups in total. The number of carbonyl (C=O) groups is 1. The normalized spacial score (nSPS) is 15.0. The largest absolute Gasteiger partial charge is 0.489 e. The lowest BCUT2D eigenvalue weighted by Gasteiger charge is -2.25. The van der Waals surface area contributed by atoms with Crippen LogP contribution in [0.15, 0.2) is 54.6 Å². The lowest BCUT2D eigenvalue weighted by Crippen LogP contribution is -2.36. The van der Waals surface area contributed by atoms with Gasteiger partial charge in [0.15, 0.2) is 0 Å². The zero-order chi connectivity index (χ0) is 16.6. The average Bonchev–Trinajstić information content (AvgIpc) is 2.63. The van der Waals surface area contributed by atoms with Crippen LogP contribution in [0.3, 0.4) is 0 Å². The number of amides is 1. The maximum Gasteiger partial charge on any atom is 0.238 e. The molecule has 0 atom stereocenters. The fraction of sp³-hybridized carbons (Fsp3) is 0.350. The van der Waals surface area contributed by atoms with Gasteiger partial charge >= 0.3 is 0 Å². The molecule has 0 spiro atoms. The van der Waals surface area contributed by atoms with Crippen molar-refractivity contribution in [1.82, 2.24) is 4.90 Å². The van der Waals surface area contributed by atoms with E-state index >= 15 is 0 Å². The van der Waals surface area contributed by atoms with Crippen molar-refractivity contribution in [2.24, 2.45) is 0 Å². The highest BCUT2D eigenvalue weighted by atomic mass is 16.5. The van der Waals surface area contributed by atoms with E-state index in [9.17, 15) is 4.79 Å². The summed E-state index contributed by atoms with van der Waals surface area (Å²) in [6.07, 6.45) is 3.67. The van der Waals surface area contributed by atoms with E-state index < -0.39 is 0 Å². The SMILES string of the molecule is O=C(CN1CCCCC1)Nc1ccc(OCc2ccccc2)cc1. The summed E-state index contributed by atoms with van der Waals surface area (Å²) in [5.41, 5.74) is 1.94. The van der Waals surface area contributed by atoms with E-state index in [0.29, 0.717) is 13.2 Å². The van der Waals surface area contributed by atoms with Crippen LogP contribution in [0.5, 0.6) is 5.75 Å². The molecule has 126 valence electrons. The monoisotopic (exact) mass is 324 g/mol. The molecule has 0 aliphatic carbocycles. The van der Waals surface area contributed by atoms with Crippen molar-refractivity contribution in [2.75, 3.05) is 25.0 Å². The van der Waals surface area contributed by atoms with Crippen LogP contribution in [0.4, 0.5) is 5.69 Å². The Morgan fingerprint density at radius 3 is 2.38 bits per heavy atom. The Balaban J connectivity index is 1.46. The van der Waals surface area contributed by atoms with Gasteiger partial charge in [0.1, 0.15) is 12.4 Å². The summed E-state index contributed by atoms with van der Waals surface area (Å²) in [6.45, 7) is 3.08. The minimum absolute atomic E-state index is 0.0508. The van der Waals surface area contributed by atoms with Crippen molar-refractivity contribution < 1.29 is 9.53 Å². The summed E-state index contributed by atoms with van der Waals surface area (Å²) in [6, 6.07) is 17.6. The fourth-order valence-electron chi connectivity index (χ4n) is 2.90. The number of nitrogens with zero attached hydrogens (tertiary/aromatic N) is 1.